The molecule has 0 atom stereocenters. The Hall–Kier alpha value is -2.91. The maximum Gasteiger partial charge on any atom is 0.168 e. The lowest BCUT2D eigenvalue weighted by Gasteiger charge is -2.26. The topological polar surface area (TPSA) is 77.9 Å². The molecule has 0 radical (unpaired) electrons. The summed E-state index contributed by atoms with van der Waals surface area (Å²) in [6.07, 6.45) is 2.08. The Kier molecular flexibility index (Phi) is 6.87. The molecule has 0 bridgehead atoms. The van der Waals surface area contributed by atoms with Crippen molar-refractivity contribution >= 4 is 17.4 Å². The number of ether oxygens (including phenoxy) is 2. The van der Waals surface area contributed by atoms with Gasteiger partial charge in [-0.15, -0.1) is 10.2 Å². The van der Waals surface area contributed by atoms with Crippen molar-refractivity contribution in [3.63, 3.8) is 0 Å². The van der Waals surface area contributed by atoms with Crippen molar-refractivity contribution in [2.24, 2.45) is 5.73 Å². The molecule has 7 nitrogen and oxygen atoms in total. The Morgan fingerprint density at radius 3 is 2.76 bits per heavy atom. The van der Waals surface area contributed by atoms with Gasteiger partial charge in [0.05, 0.1) is 13.2 Å². The zero-order valence-electron chi connectivity index (χ0n) is 18.4. The number of hydrogen-bond donors (Lipinski definition) is 1. The first-order valence-corrected chi connectivity index (χ1v) is 12.0. The molecular weight excluding hydrogens is 434 g/mol. The monoisotopic (exact) mass is 461 g/mol. The molecule has 0 amide bonds. The Bertz CT molecular complexity index is 1220. The maximum absolute atomic E-state index is 6.03. The molecule has 1 aliphatic rings. The third-order valence-corrected chi connectivity index (χ3v) is 6.76. The summed E-state index contributed by atoms with van der Waals surface area (Å²) in [6, 6.07) is 20.3. The molecule has 3 heterocycles. The number of nitrogens with zero attached hydrogens (tertiary/aromatic N) is 4. The van der Waals surface area contributed by atoms with Crippen LogP contribution in [0.25, 0.3) is 17.0 Å². The van der Waals surface area contributed by atoms with Crippen LogP contribution in [0.1, 0.15) is 5.56 Å². The van der Waals surface area contributed by atoms with E-state index in [1.165, 1.54) is 0 Å². The summed E-state index contributed by atoms with van der Waals surface area (Å²) >= 11 is 1.69. The number of aromatic nitrogens is 3. The van der Waals surface area contributed by atoms with Crippen LogP contribution < -0.4 is 10.5 Å². The molecule has 5 rings (SSSR count). The molecular formula is C25H27N5O2S. The van der Waals surface area contributed by atoms with Crippen molar-refractivity contribution in [2.45, 2.75) is 16.3 Å². The van der Waals surface area contributed by atoms with E-state index in [1.54, 1.807) is 11.8 Å². The molecule has 4 aromatic rings. The van der Waals surface area contributed by atoms with Crippen LogP contribution in [0.2, 0.25) is 0 Å². The lowest BCUT2D eigenvalue weighted by Crippen LogP contribution is -2.38. The first kappa shape index (κ1) is 21.9. The molecule has 33 heavy (non-hydrogen) atoms. The van der Waals surface area contributed by atoms with Crippen LogP contribution in [-0.2, 0) is 11.3 Å². The van der Waals surface area contributed by atoms with Crippen LogP contribution in [0.4, 0.5) is 0 Å². The highest BCUT2D eigenvalue weighted by molar-refractivity contribution is 7.99. The number of hydrogen-bond acceptors (Lipinski definition) is 7. The summed E-state index contributed by atoms with van der Waals surface area (Å²) in [4.78, 5) is 4.62. The highest BCUT2D eigenvalue weighted by Crippen LogP contribution is 2.31. The third-order valence-electron chi connectivity index (χ3n) is 5.67. The third kappa shape index (κ3) is 5.20. The molecule has 0 unspecified atom stereocenters. The van der Waals surface area contributed by atoms with Gasteiger partial charge in [0.25, 0.3) is 0 Å². The molecule has 0 spiro atoms. The second-order valence-electron chi connectivity index (χ2n) is 7.86. The normalized spacial score (nSPS) is 14.6. The van der Waals surface area contributed by atoms with Crippen LogP contribution in [0.5, 0.6) is 5.75 Å². The van der Waals surface area contributed by atoms with Crippen LogP contribution in [-0.4, -0.2) is 59.0 Å². The fourth-order valence-electron chi connectivity index (χ4n) is 3.87. The van der Waals surface area contributed by atoms with Crippen molar-refractivity contribution in [3.8, 4) is 17.1 Å². The van der Waals surface area contributed by atoms with Gasteiger partial charge in [0.1, 0.15) is 12.4 Å². The molecule has 2 aromatic carbocycles. The fraction of sp³-hybridized carbons (Fsp3) is 0.280. The maximum atomic E-state index is 6.03. The van der Waals surface area contributed by atoms with Crippen LogP contribution >= 0.6 is 11.8 Å². The second kappa shape index (κ2) is 10.4. The van der Waals surface area contributed by atoms with Gasteiger partial charge >= 0.3 is 0 Å². The summed E-state index contributed by atoms with van der Waals surface area (Å²) in [6.45, 7) is 5.58. The molecule has 1 aliphatic heterocycles. The van der Waals surface area contributed by atoms with Crippen molar-refractivity contribution < 1.29 is 9.47 Å². The van der Waals surface area contributed by atoms with Gasteiger partial charge in [0.15, 0.2) is 11.5 Å². The predicted molar refractivity (Wildman–Crippen MR) is 130 cm³/mol. The molecule has 1 saturated heterocycles. The number of benzene rings is 2. The van der Waals surface area contributed by atoms with Crippen LogP contribution in [0, 0.1) is 0 Å². The van der Waals surface area contributed by atoms with Gasteiger partial charge in [0.2, 0.25) is 0 Å². The highest BCUT2D eigenvalue weighted by Gasteiger charge is 2.12. The highest BCUT2D eigenvalue weighted by atomic mass is 32.2. The Balaban J connectivity index is 1.34. The van der Waals surface area contributed by atoms with E-state index in [1.807, 2.05) is 46.9 Å². The molecule has 0 saturated carbocycles. The Morgan fingerprint density at radius 1 is 1.00 bits per heavy atom. The minimum atomic E-state index is 0.516. The van der Waals surface area contributed by atoms with Crippen molar-refractivity contribution in [1.82, 2.24) is 19.5 Å². The lowest BCUT2D eigenvalue weighted by atomic mass is 10.2. The van der Waals surface area contributed by atoms with Gasteiger partial charge in [-0.25, -0.2) is 0 Å². The molecule has 170 valence electrons. The molecule has 2 N–H and O–H groups in total. The van der Waals surface area contributed by atoms with Gasteiger partial charge in [-0.05, 0) is 35.9 Å². The standard InChI is InChI=1S/C25H27N5O2S/c26-17-20-4-1-2-7-23(20)33-22-8-9-24-27-28-25(30(24)18-22)19-5-3-6-21(16-19)32-15-12-29-10-13-31-14-11-29/h1-9,16,18H,10-15,17,26H2. The van der Waals surface area contributed by atoms with Gasteiger partial charge in [-0.2, -0.15) is 0 Å². The zero-order valence-corrected chi connectivity index (χ0v) is 19.2. The van der Waals surface area contributed by atoms with Crippen LogP contribution in [0.3, 0.4) is 0 Å². The molecule has 0 aliphatic carbocycles. The zero-order chi connectivity index (χ0) is 22.5. The number of pyridine rings is 1. The predicted octanol–water partition coefficient (Wildman–Crippen LogP) is 3.72. The van der Waals surface area contributed by atoms with E-state index in [4.69, 9.17) is 15.2 Å². The van der Waals surface area contributed by atoms with E-state index in [2.05, 4.69) is 39.5 Å². The van der Waals surface area contributed by atoms with Gasteiger partial charge in [-0.3, -0.25) is 9.30 Å². The number of rotatable bonds is 8. The van der Waals surface area contributed by atoms with Gasteiger partial charge in [0, 0.05) is 47.7 Å². The summed E-state index contributed by atoms with van der Waals surface area (Å²) in [5, 5.41) is 8.80. The largest absolute Gasteiger partial charge is 0.492 e. The number of nitrogens with two attached hydrogens (primary N) is 1. The summed E-state index contributed by atoms with van der Waals surface area (Å²) < 4.78 is 13.5. The minimum absolute atomic E-state index is 0.516. The average Bonchev–Trinajstić information content (AvgIpc) is 3.29. The smallest absolute Gasteiger partial charge is 0.168 e. The van der Waals surface area contributed by atoms with E-state index >= 15 is 0 Å². The van der Waals surface area contributed by atoms with Gasteiger partial charge < -0.3 is 15.2 Å². The minimum Gasteiger partial charge on any atom is -0.492 e. The second-order valence-corrected chi connectivity index (χ2v) is 8.98. The van der Waals surface area contributed by atoms with E-state index in [0.717, 1.165) is 71.0 Å². The number of fused-ring (bicyclic) bond motifs is 1. The van der Waals surface area contributed by atoms with E-state index in [0.29, 0.717) is 13.2 Å². The fourth-order valence-corrected chi connectivity index (χ4v) is 4.85. The summed E-state index contributed by atoms with van der Waals surface area (Å²) in [5.41, 5.74) is 8.82. The van der Waals surface area contributed by atoms with Crippen LogP contribution in [0.15, 0.2) is 76.7 Å². The first-order chi connectivity index (χ1) is 16.3. The van der Waals surface area contributed by atoms with E-state index in [9.17, 15) is 0 Å². The lowest BCUT2D eigenvalue weighted by molar-refractivity contribution is 0.0322. The first-order valence-electron chi connectivity index (χ1n) is 11.1. The molecule has 2 aromatic heterocycles. The molecule has 8 heteroatoms. The Labute approximate surface area is 197 Å². The van der Waals surface area contributed by atoms with E-state index < -0.39 is 0 Å². The Morgan fingerprint density at radius 2 is 1.88 bits per heavy atom. The SMILES string of the molecule is NCc1ccccc1Sc1ccc2nnc(-c3cccc(OCCN4CCOCC4)c3)n2c1. The summed E-state index contributed by atoms with van der Waals surface area (Å²) in [7, 11) is 0. The van der Waals surface area contributed by atoms with Crippen molar-refractivity contribution in [3.05, 3.63) is 72.4 Å². The number of morpholine rings is 1. The summed E-state index contributed by atoms with van der Waals surface area (Å²) in [5.74, 6) is 1.62. The van der Waals surface area contributed by atoms with Crippen molar-refractivity contribution in [2.75, 3.05) is 39.5 Å². The average molecular weight is 462 g/mol. The van der Waals surface area contributed by atoms with E-state index in [-0.39, 0.29) is 0 Å². The van der Waals surface area contributed by atoms with Crippen molar-refractivity contribution in [1.29, 1.82) is 0 Å². The molecule has 1 fully saturated rings. The quantitative estimate of drug-likeness (QED) is 0.428. The van der Waals surface area contributed by atoms with Gasteiger partial charge in [-0.1, -0.05) is 42.1 Å².